The molecule has 0 spiro atoms. The van der Waals surface area contributed by atoms with Crippen LogP contribution in [-0.4, -0.2) is 36.6 Å². The van der Waals surface area contributed by atoms with Crippen molar-refractivity contribution < 1.29 is 9.32 Å². The Labute approximate surface area is 166 Å². The molecule has 1 unspecified atom stereocenters. The second kappa shape index (κ2) is 8.40. The van der Waals surface area contributed by atoms with Crippen molar-refractivity contribution in [1.82, 2.24) is 15.4 Å². The van der Waals surface area contributed by atoms with Gasteiger partial charge < -0.3 is 14.7 Å². The van der Waals surface area contributed by atoms with Crippen LogP contribution in [0.5, 0.6) is 0 Å². The molecule has 3 rings (SSSR count). The van der Waals surface area contributed by atoms with Crippen LogP contribution >= 0.6 is 0 Å². The van der Waals surface area contributed by atoms with E-state index in [4.69, 9.17) is 4.52 Å². The van der Waals surface area contributed by atoms with Crippen molar-refractivity contribution in [3.8, 4) is 11.3 Å². The maximum absolute atomic E-state index is 12.6. The summed E-state index contributed by atoms with van der Waals surface area (Å²) in [6.45, 7) is 6.66. The first-order valence-corrected chi connectivity index (χ1v) is 9.40. The molecule has 0 fully saturated rings. The van der Waals surface area contributed by atoms with Crippen LogP contribution in [0.4, 0.5) is 0 Å². The number of hydrogen-bond acceptors (Lipinski definition) is 4. The monoisotopic (exact) mass is 377 g/mol. The number of amides is 1. The number of aromatic nitrogens is 1. The second-order valence-corrected chi connectivity index (χ2v) is 7.48. The van der Waals surface area contributed by atoms with E-state index in [0.29, 0.717) is 12.3 Å². The van der Waals surface area contributed by atoms with Gasteiger partial charge in [0, 0.05) is 18.2 Å². The molecule has 0 saturated heterocycles. The molecule has 1 N–H and O–H groups in total. The van der Waals surface area contributed by atoms with E-state index in [9.17, 15) is 4.79 Å². The lowest BCUT2D eigenvalue weighted by Gasteiger charge is -2.25. The number of carbonyl (C=O) groups is 1. The molecule has 0 radical (unpaired) electrons. The number of likely N-dealkylation sites (N-methyl/N-ethyl adjacent to an activating group) is 1. The van der Waals surface area contributed by atoms with Crippen LogP contribution in [0.2, 0.25) is 0 Å². The maximum Gasteiger partial charge on any atom is 0.273 e. The van der Waals surface area contributed by atoms with Crippen LogP contribution in [-0.2, 0) is 0 Å². The van der Waals surface area contributed by atoms with E-state index in [1.54, 1.807) is 6.07 Å². The Balaban J connectivity index is 1.69. The SMILES string of the molecule is Cc1ccc(C(CNC(=O)c2cc(-c3ccc(C)c(C)c3)on2)N(C)C)cc1. The van der Waals surface area contributed by atoms with E-state index >= 15 is 0 Å². The van der Waals surface area contributed by atoms with Gasteiger partial charge in [-0.25, -0.2) is 0 Å². The van der Waals surface area contributed by atoms with E-state index in [0.717, 1.165) is 11.1 Å². The van der Waals surface area contributed by atoms with Crippen LogP contribution in [0.3, 0.4) is 0 Å². The first-order valence-electron chi connectivity index (χ1n) is 9.40. The van der Waals surface area contributed by atoms with Gasteiger partial charge >= 0.3 is 0 Å². The molecule has 1 amide bonds. The fourth-order valence-electron chi connectivity index (χ4n) is 3.08. The predicted molar refractivity (Wildman–Crippen MR) is 111 cm³/mol. The lowest BCUT2D eigenvalue weighted by atomic mass is 10.0. The minimum absolute atomic E-state index is 0.0793. The maximum atomic E-state index is 12.6. The summed E-state index contributed by atoms with van der Waals surface area (Å²) in [5, 5.41) is 6.93. The van der Waals surface area contributed by atoms with E-state index in [1.807, 2.05) is 32.3 Å². The molecule has 0 bridgehead atoms. The largest absolute Gasteiger partial charge is 0.355 e. The van der Waals surface area contributed by atoms with Crippen molar-refractivity contribution in [2.24, 2.45) is 0 Å². The highest BCUT2D eigenvalue weighted by Gasteiger charge is 2.18. The van der Waals surface area contributed by atoms with E-state index in [-0.39, 0.29) is 17.6 Å². The van der Waals surface area contributed by atoms with Crippen LogP contribution in [0.1, 0.15) is 38.8 Å². The molecule has 1 heterocycles. The molecule has 0 aliphatic heterocycles. The van der Waals surface area contributed by atoms with Crippen molar-refractivity contribution in [1.29, 1.82) is 0 Å². The Hall–Kier alpha value is -2.92. The zero-order valence-electron chi connectivity index (χ0n) is 17.1. The van der Waals surface area contributed by atoms with Gasteiger partial charge in [-0.15, -0.1) is 0 Å². The van der Waals surface area contributed by atoms with Crippen LogP contribution < -0.4 is 5.32 Å². The minimum atomic E-state index is -0.238. The average molecular weight is 377 g/mol. The van der Waals surface area contributed by atoms with E-state index in [1.165, 1.54) is 16.7 Å². The highest BCUT2D eigenvalue weighted by molar-refractivity contribution is 5.93. The highest BCUT2D eigenvalue weighted by Crippen LogP contribution is 2.23. The summed E-state index contributed by atoms with van der Waals surface area (Å²) in [5.74, 6) is 0.355. The molecule has 1 aromatic heterocycles. The molecule has 0 saturated carbocycles. The predicted octanol–water partition coefficient (Wildman–Crippen LogP) is 4.30. The molecule has 146 valence electrons. The molecule has 0 aliphatic rings. The Kier molecular flexibility index (Phi) is 5.95. The third kappa shape index (κ3) is 4.49. The van der Waals surface area contributed by atoms with Gasteiger partial charge in [-0.1, -0.05) is 47.1 Å². The first kappa shape index (κ1) is 19.8. The fraction of sp³-hybridized carbons (Fsp3) is 0.304. The Morgan fingerprint density at radius 2 is 1.75 bits per heavy atom. The summed E-state index contributed by atoms with van der Waals surface area (Å²) in [6.07, 6.45) is 0. The smallest absolute Gasteiger partial charge is 0.273 e. The Bertz CT molecular complexity index is 958. The molecular formula is C23H27N3O2. The quantitative estimate of drug-likeness (QED) is 0.696. The molecule has 3 aromatic rings. The number of benzene rings is 2. The zero-order chi connectivity index (χ0) is 20.3. The normalized spacial score (nSPS) is 12.2. The van der Waals surface area contributed by atoms with Crippen LogP contribution in [0.15, 0.2) is 53.1 Å². The highest BCUT2D eigenvalue weighted by atomic mass is 16.5. The fourth-order valence-corrected chi connectivity index (χ4v) is 3.08. The molecule has 1 atom stereocenters. The van der Waals surface area contributed by atoms with E-state index < -0.39 is 0 Å². The molecule has 28 heavy (non-hydrogen) atoms. The van der Waals surface area contributed by atoms with Crippen molar-refractivity contribution in [2.45, 2.75) is 26.8 Å². The van der Waals surface area contributed by atoms with Crippen molar-refractivity contribution in [2.75, 3.05) is 20.6 Å². The topological polar surface area (TPSA) is 58.4 Å². The van der Waals surface area contributed by atoms with Gasteiger partial charge in [0.05, 0.1) is 6.04 Å². The minimum Gasteiger partial charge on any atom is -0.355 e. The van der Waals surface area contributed by atoms with Gasteiger partial charge in [-0.05, 0) is 57.6 Å². The number of nitrogens with zero attached hydrogens (tertiary/aromatic N) is 2. The van der Waals surface area contributed by atoms with Gasteiger partial charge in [-0.2, -0.15) is 0 Å². The van der Waals surface area contributed by atoms with Gasteiger partial charge in [-0.3, -0.25) is 4.79 Å². The van der Waals surface area contributed by atoms with Crippen molar-refractivity contribution in [3.63, 3.8) is 0 Å². The van der Waals surface area contributed by atoms with Crippen molar-refractivity contribution in [3.05, 3.63) is 76.5 Å². The van der Waals surface area contributed by atoms with Crippen molar-refractivity contribution >= 4 is 5.91 Å². The number of nitrogens with one attached hydrogen (secondary N) is 1. The lowest BCUT2D eigenvalue weighted by Crippen LogP contribution is -2.34. The zero-order valence-corrected chi connectivity index (χ0v) is 17.1. The summed E-state index contributed by atoms with van der Waals surface area (Å²) in [4.78, 5) is 14.7. The molecule has 2 aromatic carbocycles. The number of carbonyl (C=O) groups excluding carboxylic acids is 1. The third-order valence-electron chi connectivity index (χ3n) is 5.08. The van der Waals surface area contributed by atoms with Gasteiger partial charge in [0.2, 0.25) is 0 Å². The Morgan fingerprint density at radius 3 is 2.39 bits per heavy atom. The van der Waals surface area contributed by atoms with Crippen LogP contribution in [0.25, 0.3) is 11.3 Å². The van der Waals surface area contributed by atoms with Gasteiger partial charge in [0.15, 0.2) is 11.5 Å². The second-order valence-electron chi connectivity index (χ2n) is 7.48. The summed E-state index contributed by atoms with van der Waals surface area (Å²) < 4.78 is 5.40. The number of aryl methyl sites for hydroxylation is 3. The van der Waals surface area contributed by atoms with Crippen LogP contribution in [0, 0.1) is 20.8 Å². The van der Waals surface area contributed by atoms with Gasteiger partial charge in [0.25, 0.3) is 5.91 Å². The Morgan fingerprint density at radius 1 is 1.04 bits per heavy atom. The number of rotatable bonds is 6. The molecular weight excluding hydrogens is 350 g/mol. The summed E-state index contributed by atoms with van der Waals surface area (Å²) >= 11 is 0. The lowest BCUT2D eigenvalue weighted by molar-refractivity contribution is 0.0933. The van der Waals surface area contributed by atoms with E-state index in [2.05, 4.69) is 60.4 Å². The molecule has 5 nitrogen and oxygen atoms in total. The van der Waals surface area contributed by atoms with Gasteiger partial charge in [0.1, 0.15) is 0 Å². The summed E-state index contributed by atoms with van der Waals surface area (Å²) in [6, 6.07) is 16.2. The standard InChI is InChI=1S/C23H27N3O2/c1-15-6-9-18(10-7-15)21(26(4)5)14-24-23(27)20-13-22(28-25-20)19-11-8-16(2)17(3)12-19/h6-13,21H,14H2,1-5H3,(H,24,27). The molecule has 0 aliphatic carbocycles. The average Bonchev–Trinajstić information content (AvgIpc) is 3.15. The number of hydrogen-bond donors (Lipinski definition) is 1. The molecule has 5 heteroatoms. The summed E-state index contributed by atoms with van der Waals surface area (Å²) in [5.41, 5.74) is 5.97. The summed E-state index contributed by atoms with van der Waals surface area (Å²) in [7, 11) is 4.01. The third-order valence-corrected chi connectivity index (χ3v) is 5.08. The first-order chi connectivity index (χ1) is 13.3.